The average Bonchev–Trinajstić information content (AvgIpc) is 3.28. The molecular formula is C19H34IN5OS. The number of aliphatic imine (C=N–C) groups is 1. The van der Waals surface area contributed by atoms with Crippen LogP contribution in [0.5, 0.6) is 0 Å². The quantitative estimate of drug-likeness (QED) is 0.352. The number of aliphatic hydroxyl groups is 1. The topological polar surface area (TPSA) is 64.0 Å². The molecule has 2 aliphatic heterocycles. The number of thiazole rings is 1. The van der Waals surface area contributed by atoms with Crippen LogP contribution in [0.4, 0.5) is 0 Å². The Morgan fingerprint density at radius 1 is 1.30 bits per heavy atom. The summed E-state index contributed by atoms with van der Waals surface area (Å²) in [5.74, 6) is 1.63. The highest BCUT2D eigenvalue weighted by molar-refractivity contribution is 14.0. The molecule has 2 N–H and O–H groups in total. The van der Waals surface area contributed by atoms with E-state index in [1.807, 2.05) is 0 Å². The van der Waals surface area contributed by atoms with Crippen molar-refractivity contribution in [3.8, 4) is 0 Å². The third kappa shape index (κ3) is 6.83. The number of guanidine groups is 1. The van der Waals surface area contributed by atoms with E-state index in [0.717, 1.165) is 58.1 Å². The maximum absolute atomic E-state index is 9.77. The predicted molar refractivity (Wildman–Crippen MR) is 123 cm³/mol. The number of aryl methyl sites for hydroxylation is 1. The lowest BCUT2D eigenvalue weighted by Crippen LogP contribution is -2.41. The van der Waals surface area contributed by atoms with Crippen LogP contribution in [0.15, 0.2) is 10.4 Å². The highest BCUT2D eigenvalue weighted by atomic mass is 127. The number of likely N-dealkylation sites (tertiary alicyclic amines) is 2. The maximum Gasteiger partial charge on any atom is 0.194 e. The van der Waals surface area contributed by atoms with Crippen LogP contribution >= 0.6 is 35.3 Å². The molecule has 154 valence electrons. The molecule has 0 aliphatic carbocycles. The fraction of sp³-hybridized carbons (Fsp3) is 0.789. The number of aliphatic hydroxyl groups excluding tert-OH is 1. The zero-order valence-corrected chi connectivity index (χ0v) is 19.7. The molecule has 0 spiro atoms. The Balaban J connectivity index is 0.00000261. The van der Waals surface area contributed by atoms with Gasteiger partial charge in [-0.25, -0.2) is 4.98 Å². The number of β-amino-alcohol motifs (C(OH)–C–C–N with tert-alkyl or cyclic N) is 1. The van der Waals surface area contributed by atoms with E-state index in [0.29, 0.717) is 12.5 Å². The first-order chi connectivity index (χ1) is 12.7. The molecule has 0 bridgehead atoms. The minimum Gasteiger partial charge on any atom is -0.391 e. The summed E-state index contributed by atoms with van der Waals surface area (Å²) < 4.78 is 0. The van der Waals surface area contributed by atoms with Crippen molar-refractivity contribution in [2.45, 2.75) is 52.2 Å². The third-order valence-corrected chi connectivity index (χ3v) is 6.33. The van der Waals surface area contributed by atoms with Crippen LogP contribution in [0.2, 0.25) is 0 Å². The van der Waals surface area contributed by atoms with Crippen LogP contribution in [0.1, 0.15) is 43.8 Å². The Kier molecular flexibility index (Phi) is 9.75. The highest BCUT2D eigenvalue weighted by Crippen LogP contribution is 2.20. The van der Waals surface area contributed by atoms with Crippen LogP contribution in [0, 0.1) is 5.92 Å². The van der Waals surface area contributed by atoms with Crippen molar-refractivity contribution < 1.29 is 5.11 Å². The summed E-state index contributed by atoms with van der Waals surface area (Å²) in [7, 11) is 0. The average molecular weight is 507 g/mol. The lowest BCUT2D eigenvalue weighted by molar-refractivity contribution is 0.178. The number of hydrogen-bond acceptors (Lipinski definition) is 5. The fourth-order valence-electron chi connectivity index (χ4n) is 3.72. The molecule has 2 fully saturated rings. The van der Waals surface area contributed by atoms with Gasteiger partial charge >= 0.3 is 0 Å². The van der Waals surface area contributed by atoms with Crippen molar-refractivity contribution in [2.24, 2.45) is 10.9 Å². The van der Waals surface area contributed by atoms with Gasteiger partial charge in [-0.2, -0.15) is 0 Å². The minimum atomic E-state index is -0.207. The van der Waals surface area contributed by atoms with Crippen molar-refractivity contribution in [2.75, 3.05) is 39.3 Å². The molecule has 0 saturated carbocycles. The van der Waals surface area contributed by atoms with Crippen LogP contribution < -0.4 is 5.32 Å². The Bertz CT molecular complexity index is 588. The normalized spacial score (nSPS) is 22.1. The van der Waals surface area contributed by atoms with E-state index in [2.05, 4.69) is 34.3 Å². The van der Waals surface area contributed by atoms with Crippen molar-refractivity contribution in [1.82, 2.24) is 20.1 Å². The molecule has 1 aromatic heterocycles. The molecule has 6 nitrogen and oxygen atoms in total. The largest absolute Gasteiger partial charge is 0.391 e. The second kappa shape index (κ2) is 11.5. The molecule has 2 aliphatic rings. The standard InChI is InChI=1S/C19H33N5OS.HI/c1-3-18-22-16(14-26-18)12-23-8-5-15(6-9-23)11-21-19(20-4-2)24-10-7-17(25)13-24;/h14-15,17,25H,3-13H2,1-2H3,(H,20,21);1H/t17-;/m1./s1. The molecule has 0 unspecified atom stereocenters. The Morgan fingerprint density at radius 3 is 2.67 bits per heavy atom. The smallest absolute Gasteiger partial charge is 0.194 e. The summed E-state index contributed by atoms with van der Waals surface area (Å²) in [6, 6.07) is 0. The number of halogens is 1. The van der Waals surface area contributed by atoms with Gasteiger partial charge < -0.3 is 15.3 Å². The van der Waals surface area contributed by atoms with Gasteiger partial charge in [-0.3, -0.25) is 9.89 Å². The Hall–Kier alpha value is -0.450. The van der Waals surface area contributed by atoms with Gasteiger partial charge in [-0.15, -0.1) is 35.3 Å². The van der Waals surface area contributed by atoms with Gasteiger partial charge in [0.25, 0.3) is 0 Å². The van der Waals surface area contributed by atoms with Crippen LogP contribution in [-0.2, 0) is 13.0 Å². The minimum absolute atomic E-state index is 0. The van der Waals surface area contributed by atoms with E-state index in [9.17, 15) is 5.11 Å². The zero-order chi connectivity index (χ0) is 18.4. The molecule has 1 atom stereocenters. The first-order valence-corrected chi connectivity index (χ1v) is 10.9. The number of rotatable bonds is 6. The van der Waals surface area contributed by atoms with Gasteiger partial charge in [0.15, 0.2) is 5.96 Å². The third-order valence-electron chi connectivity index (χ3n) is 5.29. The van der Waals surface area contributed by atoms with Gasteiger partial charge in [0.1, 0.15) is 0 Å². The second-order valence-corrected chi connectivity index (χ2v) is 8.33. The molecule has 8 heteroatoms. The van der Waals surface area contributed by atoms with Gasteiger partial charge in [0.2, 0.25) is 0 Å². The lowest BCUT2D eigenvalue weighted by Gasteiger charge is -2.31. The maximum atomic E-state index is 9.77. The van der Waals surface area contributed by atoms with Gasteiger partial charge in [0, 0.05) is 38.1 Å². The molecule has 3 heterocycles. The monoisotopic (exact) mass is 507 g/mol. The van der Waals surface area contributed by atoms with Gasteiger partial charge in [-0.1, -0.05) is 6.92 Å². The van der Waals surface area contributed by atoms with Gasteiger partial charge in [0.05, 0.1) is 16.8 Å². The van der Waals surface area contributed by atoms with Crippen LogP contribution in [0.25, 0.3) is 0 Å². The predicted octanol–water partition coefficient (Wildman–Crippen LogP) is 2.57. The fourth-order valence-corrected chi connectivity index (χ4v) is 4.45. The highest BCUT2D eigenvalue weighted by Gasteiger charge is 2.24. The lowest BCUT2D eigenvalue weighted by atomic mass is 9.97. The molecule has 2 saturated heterocycles. The number of hydrogen-bond donors (Lipinski definition) is 2. The summed E-state index contributed by atoms with van der Waals surface area (Å²) in [6.07, 6.45) is 4.08. The van der Waals surface area contributed by atoms with Crippen LogP contribution in [-0.4, -0.2) is 71.2 Å². The Labute approximate surface area is 184 Å². The molecule has 0 aromatic carbocycles. The number of aromatic nitrogens is 1. The van der Waals surface area contributed by atoms with Gasteiger partial charge in [-0.05, 0) is 51.6 Å². The molecule has 0 radical (unpaired) electrons. The van der Waals surface area contributed by atoms with Crippen molar-refractivity contribution in [3.05, 3.63) is 16.1 Å². The Morgan fingerprint density at radius 2 is 2.07 bits per heavy atom. The van der Waals surface area contributed by atoms with E-state index in [1.54, 1.807) is 11.3 Å². The van der Waals surface area contributed by atoms with Crippen molar-refractivity contribution >= 4 is 41.3 Å². The van der Waals surface area contributed by atoms with E-state index in [1.165, 1.54) is 23.5 Å². The number of nitrogens with zero attached hydrogens (tertiary/aromatic N) is 4. The zero-order valence-electron chi connectivity index (χ0n) is 16.6. The number of piperidine rings is 1. The summed E-state index contributed by atoms with van der Waals surface area (Å²) in [4.78, 5) is 14.3. The molecular weight excluding hydrogens is 473 g/mol. The van der Waals surface area contributed by atoms with Crippen molar-refractivity contribution in [3.63, 3.8) is 0 Å². The molecule has 27 heavy (non-hydrogen) atoms. The SMILES string of the molecule is CCNC(=NCC1CCN(Cc2csc(CC)n2)CC1)N1CC[C@@H](O)C1.I. The summed E-state index contributed by atoms with van der Waals surface area (Å²) in [5, 5.41) is 16.6. The number of nitrogens with one attached hydrogen (secondary N) is 1. The molecule has 3 rings (SSSR count). The van der Waals surface area contributed by atoms with E-state index in [4.69, 9.17) is 9.98 Å². The summed E-state index contributed by atoms with van der Waals surface area (Å²) in [6.45, 7) is 10.9. The van der Waals surface area contributed by atoms with E-state index >= 15 is 0 Å². The van der Waals surface area contributed by atoms with E-state index < -0.39 is 0 Å². The first-order valence-electron chi connectivity index (χ1n) is 10.0. The second-order valence-electron chi connectivity index (χ2n) is 7.39. The molecule has 1 aromatic rings. The van der Waals surface area contributed by atoms with E-state index in [-0.39, 0.29) is 30.1 Å². The van der Waals surface area contributed by atoms with Crippen molar-refractivity contribution in [1.29, 1.82) is 0 Å². The van der Waals surface area contributed by atoms with Crippen LogP contribution in [0.3, 0.4) is 0 Å². The summed E-state index contributed by atoms with van der Waals surface area (Å²) >= 11 is 1.78. The first kappa shape index (κ1) is 22.8. The summed E-state index contributed by atoms with van der Waals surface area (Å²) in [5.41, 5.74) is 1.23. The molecule has 0 amide bonds.